The highest BCUT2D eigenvalue weighted by atomic mass is 19.1. The molecule has 0 bridgehead atoms. The van der Waals surface area contributed by atoms with Gasteiger partial charge in [-0.25, -0.2) is 4.39 Å². The molecule has 0 N–H and O–H groups in total. The highest BCUT2D eigenvalue weighted by Gasteiger charge is 2.50. The second-order valence-electron chi connectivity index (χ2n) is 10.2. The average Bonchev–Trinajstić information content (AvgIpc) is 3.03. The standard InChI is InChI=1S/C28H30FN/c1-27-13-9-20-17-23-4-2-3-12-28(23,29)14-10-24(20)26(27)8-7-25(27)21-6-5-19-11-15-30-18-22(19)16-21/h5-7,9,11,15-18,24,26H,2-4,8,10,12-14H2,1H3/t24?,26?,27?,28-/m0/s1. The van der Waals surface area contributed by atoms with Crippen LogP contribution in [0.2, 0.25) is 0 Å². The summed E-state index contributed by atoms with van der Waals surface area (Å²) in [6, 6.07) is 8.89. The Balaban J connectivity index is 1.36. The Morgan fingerprint density at radius 1 is 1.07 bits per heavy atom. The number of aromatic nitrogens is 1. The van der Waals surface area contributed by atoms with E-state index in [0.29, 0.717) is 18.3 Å². The number of pyridine rings is 1. The van der Waals surface area contributed by atoms with Crippen molar-refractivity contribution in [1.29, 1.82) is 0 Å². The van der Waals surface area contributed by atoms with Crippen LogP contribution in [0.15, 0.2) is 66.0 Å². The summed E-state index contributed by atoms with van der Waals surface area (Å²) >= 11 is 0. The molecule has 6 rings (SSSR count). The number of benzene rings is 1. The second kappa shape index (κ2) is 6.64. The molecule has 0 spiro atoms. The minimum atomic E-state index is -1.03. The molecule has 1 aromatic carbocycles. The molecule has 0 aliphatic heterocycles. The first-order valence-corrected chi connectivity index (χ1v) is 11.7. The molecule has 1 aromatic heterocycles. The summed E-state index contributed by atoms with van der Waals surface area (Å²) in [5.41, 5.74) is 4.46. The zero-order valence-corrected chi connectivity index (χ0v) is 17.8. The van der Waals surface area contributed by atoms with E-state index in [-0.39, 0.29) is 5.41 Å². The van der Waals surface area contributed by atoms with Crippen LogP contribution >= 0.6 is 0 Å². The van der Waals surface area contributed by atoms with Crippen LogP contribution in [0.1, 0.15) is 63.9 Å². The van der Waals surface area contributed by atoms with Crippen molar-refractivity contribution in [3.63, 3.8) is 0 Å². The maximum Gasteiger partial charge on any atom is 0.132 e. The van der Waals surface area contributed by atoms with E-state index >= 15 is 4.39 Å². The molecule has 0 radical (unpaired) electrons. The van der Waals surface area contributed by atoms with Gasteiger partial charge >= 0.3 is 0 Å². The summed E-state index contributed by atoms with van der Waals surface area (Å²) in [5, 5.41) is 2.45. The molecule has 2 aromatic rings. The molecule has 4 atom stereocenters. The van der Waals surface area contributed by atoms with E-state index in [1.54, 1.807) is 0 Å². The number of allylic oxidation sites excluding steroid dienone is 6. The van der Waals surface area contributed by atoms with Crippen molar-refractivity contribution in [1.82, 2.24) is 4.98 Å². The van der Waals surface area contributed by atoms with Crippen molar-refractivity contribution in [3.05, 3.63) is 71.6 Å². The normalized spacial score (nSPS) is 35.5. The first kappa shape index (κ1) is 18.5. The van der Waals surface area contributed by atoms with Crippen LogP contribution in [0.5, 0.6) is 0 Å². The van der Waals surface area contributed by atoms with Crippen LogP contribution in [0.4, 0.5) is 4.39 Å². The number of alkyl halides is 1. The molecular formula is C28H30FN. The van der Waals surface area contributed by atoms with Crippen LogP contribution in [0.25, 0.3) is 16.3 Å². The Labute approximate surface area is 178 Å². The van der Waals surface area contributed by atoms with Crippen LogP contribution < -0.4 is 0 Å². The molecule has 4 aliphatic carbocycles. The fourth-order valence-electron chi connectivity index (χ4n) is 6.93. The number of hydrogen-bond donors (Lipinski definition) is 0. The monoisotopic (exact) mass is 399 g/mol. The molecule has 1 nitrogen and oxygen atoms in total. The summed E-state index contributed by atoms with van der Waals surface area (Å²) in [6.45, 7) is 2.45. The lowest BCUT2D eigenvalue weighted by molar-refractivity contribution is 0.132. The predicted octanol–water partition coefficient (Wildman–Crippen LogP) is 7.59. The number of nitrogens with zero attached hydrogens (tertiary/aromatic N) is 1. The van der Waals surface area contributed by atoms with E-state index in [4.69, 9.17) is 0 Å². The number of halogens is 1. The SMILES string of the molecule is CC12CC=C3C=C4CCCC[C@]4(F)CCC3C1CC=C2c1ccc2ccncc2c1. The van der Waals surface area contributed by atoms with Gasteiger partial charge in [0.1, 0.15) is 5.67 Å². The van der Waals surface area contributed by atoms with Gasteiger partial charge in [-0.1, -0.05) is 37.3 Å². The summed E-state index contributed by atoms with van der Waals surface area (Å²) in [6.07, 6.45) is 18.8. The molecule has 0 saturated heterocycles. The minimum absolute atomic E-state index is 0.140. The molecule has 1 heterocycles. The lowest BCUT2D eigenvalue weighted by Crippen LogP contribution is -2.34. The second-order valence-corrected chi connectivity index (χ2v) is 10.2. The fourth-order valence-corrected chi connectivity index (χ4v) is 6.93. The van der Waals surface area contributed by atoms with Crippen molar-refractivity contribution in [2.24, 2.45) is 17.3 Å². The quantitative estimate of drug-likeness (QED) is 0.481. The molecule has 4 aliphatic rings. The predicted molar refractivity (Wildman–Crippen MR) is 122 cm³/mol. The lowest BCUT2D eigenvalue weighted by Gasteiger charge is -2.43. The number of fused-ring (bicyclic) bond motifs is 5. The summed E-state index contributed by atoms with van der Waals surface area (Å²) < 4.78 is 15.7. The van der Waals surface area contributed by atoms with Gasteiger partial charge in [0.25, 0.3) is 0 Å². The Morgan fingerprint density at radius 2 is 2.00 bits per heavy atom. The van der Waals surface area contributed by atoms with E-state index in [9.17, 15) is 0 Å². The average molecular weight is 400 g/mol. The first-order valence-electron chi connectivity index (χ1n) is 11.7. The zero-order valence-electron chi connectivity index (χ0n) is 17.8. The van der Waals surface area contributed by atoms with Gasteiger partial charge in [0.05, 0.1) is 0 Å². The largest absolute Gasteiger partial charge is 0.264 e. The maximum atomic E-state index is 15.7. The Kier molecular flexibility index (Phi) is 4.10. The Hall–Kier alpha value is -2.22. The van der Waals surface area contributed by atoms with E-state index in [1.807, 2.05) is 12.4 Å². The van der Waals surface area contributed by atoms with Crippen LogP contribution in [-0.4, -0.2) is 10.7 Å². The van der Waals surface area contributed by atoms with E-state index in [1.165, 1.54) is 27.5 Å². The van der Waals surface area contributed by atoms with Gasteiger partial charge in [-0.3, -0.25) is 4.98 Å². The summed E-state index contributed by atoms with van der Waals surface area (Å²) in [5.74, 6) is 1.07. The third-order valence-corrected chi connectivity index (χ3v) is 8.67. The van der Waals surface area contributed by atoms with Gasteiger partial charge in [-0.2, -0.15) is 0 Å². The molecule has 0 amide bonds. The third kappa shape index (κ3) is 2.69. The number of hydrogen-bond acceptors (Lipinski definition) is 1. The van der Waals surface area contributed by atoms with Crippen molar-refractivity contribution in [2.45, 2.75) is 64.0 Å². The van der Waals surface area contributed by atoms with Crippen molar-refractivity contribution < 1.29 is 4.39 Å². The van der Waals surface area contributed by atoms with Gasteiger partial charge in [0.2, 0.25) is 0 Å². The minimum Gasteiger partial charge on any atom is -0.264 e. The highest BCUT2D eigenvalue weighted by Crippen LogP contribution is 2.60. The van der Waals surface area contributed by atoms with Gasteiger partial charge in [-0.05, 0) is 108 Å². The summed E-state index contributed by atoms with van der Waals surface area (Å²) in [7, 11) is 0. The molecule has 2 heteroatoms. The molecule has 30 heavy (non-hydrogen) atoms. The van der Waals surface area contributed by atoms with E-state index in [0.717, 1.165) is 50.5 Å². The zero-order chi connectivity index (χ0) is 20.3. The van der Waals surface area contributed by atoms with Crippen molar-refractivity contribution >= 4 is 16.3 Å². The smallest absolute Gasteiger partial charge is 0.132 e. The van der Waals surface area contributed by atoms with Crippen LogP contribution in [0, 0.1) is 17.3 Å². The van der Waals surface area contributed by atoms with Gasteiger partial charge in [0, 0.05) is 17.8 Å². The lowest BCUT2D eigenvalue weighted by atomic mass is 9.60. The molecule has 154 valence electrons. The summed E-state index contributed by atoms with van der Waals surface area (Å²) in [4.78, 5) is 4.31. The van der Waals surface area contributed by atoms with Gasteiger partial charge < -0.3 is 0 Å². The van der Waals surface area contributed by atoms with Crippen molar-refractivity contribution in [3.8, 4) is 0 Å². The third-order valence-electron chi connectivity index (χ3n) is 8.67. The Morgan fingerprint density at radius 3 is 2.93 bits per heavy atom. The molecule has 3 unspecified atom stereocenters. The highest BCUT2D eigenvalue weighted by molar-refractivity contribution is 5.87. The first-order chi connectivity index (χ1) is 14.6. The fraction of sp³-hybridized carbons (Fsp3) is 0.464. The van der Waals surface area contributed by atoms with Crippen molar-refractivity contribution in [2.75, 3.05) is 0 Å². The topological polar surface area (TPSA) is 12.9 Å². The maximum absolute atomic E-state index is 15.7. The Bertz CT molecular complexity index is 1110. The van der Waals surface area contributed by atoms with Gasteiger partial charge in [-0.15, -0.1) is 0 Å². The number of rotatable bonds is 1. The van der Waals surface area contributed by atoms with Crippen LogP contribution in [0.3, 0.4) is 0 Å². The van der Waals surface area contributed by atoms with Gasteiger partial charge in [0.15, 0.2) is 0 Å². The van der Waals surface area contributed by atoms with E-state index < -0.39 is 5.67 Å². The molecule has 1 fully saturated rings. The van der Waals surface area contributed by atoms with E-state index in [2.05, 4.69) is 54.4 Å². The molecular weight excluding hydrogens is 369 g/mol. The van der Waals surface area contributed by atoms with Crippen LogP contribution in [-0.2, 0) is 0 Å². The molecule has 1 saturated carbocycles.